The van der Waals surface area contributed by atoms with Crippen molar-refractivity contribution in [3.8, 4) is 0 Å². The molecule has 1 unspecified atom stereocenters. The van der Waals surface area contributed by atoms with Crippen LogP contribution in [0.25, 0.3) is 0 Å². The maximum Gasteiger partial charge on any atom is 0.191 e. The largest absolute Gasteiger partial charge is 0.379 e. The highest BCUT2D eigenvalue weighted by atomic mass is 127. The van der Waals surface area contributed by atoms with Gasteiger partial charge in [0.2, 0.25) is 0 Å². The summed E-state index contributed by atoms with van der Waals surface area (Å²) in [6.07, 6.45) is 4.01. The normalized spacial score (nSPS) is 20.7. The number of likely N-dealkylation sites (tertiary alicyclic amines) is 1. The molecule has 0 radical (unpaired) electrons. The van der Waals surface area contributed by atoms with E-state index in [0.717, 1.165) is 45.4 Å². The van der Waals surface area contributed by atoms with Gasteiger partial charge in [-0.3, -0.25) is 14.8 Å². The molecule has 6 nitrogen and oxygen atoms in total. The van der Waals surface area contributed by atoms with Gasteiger partial charge in [-0.1, -0.05) is 12.5 Å². The summed E-state index contributed by atoms with van der Waals surface area (Å²) >= 11 is 1.83. The molecule has 0 aliphatic carbocycles. The van der Waals surface area contributed by atoms with Gasteiger partial charge in [-0.2, -0.15) is 0 Å². The highest BCUT2D eigenvalue weighted by Gasteiger charge is 2.28. The lowest BCUT2D eigenvalue weighted by molar-refractivity contribution is 0.0177. The highest BCUT2D eigenvalue weighted by molar-refractivity contribution is 14.0. The van der Waals surface area contributed by atoms with E-state index in [4.69, 9.17) is 4.74 Å². The summed E-state index contributed by atoms with van der Waals surface area (Å²) in [4.78, 5) is 11.0. The van der Waals surface area contributed by atoms with E-state index >= 15 is 0 Å². The number of hydrogen-bond acceptors (Lipinski definition) is 5. The molecule has 2 aliphatic heterocycles. The van der Waals surface area contributed by atoms with Gasteiger partial charge in [0.25, 0.3) is 0 Å². The van der Waals surface area contributed by atoms with Gasteiger partial charge in [-0.15, -0.1) is 35.3 Å². The van der Waals surface area contributed by atoms with Crippen molar-refractivity contribution in [2.45, 2.75) is 44.7 Å². The second kappa shape index (κ2) is 12.4. The first kappa shape index (κ1) is 24.8. The molecule has 2 N–H and O–H groups in total. The molecule has 166 valence electrons. The minimum atomic E-state index is 0. The van der Waals surface area contributed by atoms with Crippen molar-refractivity contribution in [1.29, 1.82) is 0 Å². The fourth-order valence-electron chi connectivity index (χ4n) is 4.10. The number of rotatable bonds is 7. The molecule has 2 aliphatic rings. The average molecular weight is 536 g/mol. The summed E-state index contributed by atoms with van der Waals surface area (Å²) in [5.41, 5.74) is 0.134. The number of piperidine rings is 1. The molecule has 3 rings (SSSR count). The number of nitrogens with one attached hydrogen (secondary N) is 2. The summed E-state index contributed by atoms with van der Waals surface area (Å²) in [5, 5.41) is 9.31. The molecular formula is C21H38IN5OS. The van der Waals surface area contributed by atoms with Crippen LogP contribution in [-0.4, -0.2) is 80.8 Å². The number of aliphatic imine (C=N–C) groups is 1. The van der Waals surface area contributed by atoms with Crippen LogP contribution in [0.4, 0.5) is 0 Å². The van der Waals surface area contributed by atoms with Gasteiger partial charge in [0, 0.05) is 43.6 Å². The zero-order chi connectivity index (χ0) is 19.8. The first-order valence-corrected chi connectivity index (χ1v) is 11.5. The third kappa shape index (κ3) is 7.34. The Labute approximate surface area is 197 Å². The van der Waals surface area contributed by atoms with E-state index in [1.807, 2.05) is 18.4 Å². The van der Waals surface area contributed by atoms with E-state index in [0.29, 0.717) is 6.04 Å². The standard InChI is InChI=1S/C21H37N5OS.HI/c1-21(2,26-9-5-4-6-10-26)17-24-20(22-3)23-16-18(19-8-7-15-28-19)25-11-13-27-14-12-25;/h7-8,15,18H,4-6,9-14,16-17H2,1-3H3,(H2,22,23,24);1H. The predicted molar refractivity (Wildman–Crippen MR) is 134 cm³/mol. The van der Waals surface area contributed by atoms with E-state index in [1.54, 1.807) is 0 Å². The smallest absolute Gasteiger partial charge is 0.191 e. The lowest BCUT2D eigenvalue weighted by atomic mass is 9.98. The first-order chi connectivity index (χ1) is 13.6. The van der Waals surface area contributed by atoms with Crippen molar-refractivity contribution in [2.75, 3.05) is 59.5 Å². The molecule has 1 aromatic heterocycles. The summed E-state index contributed by atoms with van der Waals surface area (Å²) < 4.78 is 5.55. The molecule has 0 spiro atoms. The Balaban J connectivity index is 0.00000300. The van der Waals surface area contributed by atoms with Crippen molar-refractivity contribution in [3.63, 3.8) is 0 Å². The summed E-state index contributed by atoms with van der Waals surface area (Å²) in [6.45, 7) is 12.4. The van der Waals surface area contributed by atoms with Crippen LogP contribution in [0.15, 0.2) is 22.5 Å². The Kier molecular flexibility index (Phi) is 10.7. The quantitative estimate of drug-likeness (QED) is 0.319. The van der Waals surface area contributed by atoms with Gasteiger partial charge in [0.05, 0.1) is 19.3 Å². The molecular weight excluding hydrogens is 497 g/mol. The van der Waals surface area contributed by atoms with Crippen LogP contribution < -0.4 is 10.6 Å². The topological polar surface area (TPSA) is 52.1 Å². The van der Waals surface area contributed by atoms with Crippen LogP contribution in [0, 0.1) is 0 Å². The number of hydrogen-bond donors (Lipinski definition) is 2. The monoisotopic (exact) mass is 535 g/mol. The van der Waals surface area contributed by atoms with Gasteiger partial charge in [-0.25, -0.2) is 0 Å². The van der Waals surface area contributed by atoms with E-state index in [2.05, 4.69) is 56.8 Å². The molecule has 0 bridgehead atoms. The summed E-state index contributed by atoms with van der Waals surface area (Å²) in [7, 11) is 1.86. The molecule has 3 heterocycles. The molecule has 8 heteroatoms. The van der Waals surface area contributed by atoms with E-state index in [-0.39, 0.29) is 29.5 Å². The lowest BCUT2D eigenvalue weighted by Crippen LogP contribution is -2.55. The number of thiophene rings is 1. The van der Waals surface area contributed by atoms with Crippen molar-refractivity contribution >= 4 is 41.3 Å². The molecule has 0 saturated carbocycles. The van der Waals surface area contributed by atoms with Gasteiger partial charge >= 0.3 is 0 Å². The number of morpholine rings is 1. The number of ether oxygens (including phenoxy) is 1. The Morgan fingerprint density at radius 1 is 1.17 bits per heavy atom. The number of halogens is 1. The van der Waals surface area contributed by atoms with Gasteiger partial charge in [0.15, 0.2) is 5.96 Å². The second-order valence-corrected chi connectivity index (χ2v) is 9.33. The Morgan fingerprint density at radius 2 is 1.90 bits per heavy atom. The van der Waals surface area contributed by atoms with E-state index < -0.39 is 0 Å². The average Bonchev–Trinajstić information content (AvgIpc) is 3.26. The third-order valence-corrected chi connectivity index (χ3v) is 6.92. The zero-order valence-electron chi connectivity index (χ0n) is 18.2. The fraction of sp³-hybridized carbons (Fsp3) is 0.762. The van der Waals surface area contributed by atoms with Crippen molar-refractivity contribution in [3.05, 3.63) is 22.4 Å². The minimum absolute atomic E-state index is 0. The maximum absolute atomic E-state index is 5.55. The predicted octanol–water partition coefficient (Wildman–Crippen LogP) is 3.17. The van der Waals surface area contributed by atoms with Crippen molar-refractivity contribution < 1.29 is 4.74 Å². The third-order valence-electron chi connectivity index (χ3n) is 5.95. The van der Waals surface area contributed by atoms with Crippen LogP contribution in [0.5, 0.6) is 0 Å². The van der Waals surface area contributed by atoms with Gasteiger partial charge in [-0.05, 0) is 51.2 Å². The number of guanidine groups is 1. The van der Waals surface area contributed by atoms with Gasteiger partial charge in [0.1, 0.15) is 0 Å². The molecule has 1 atom stereocenters. The van der Waals surface area contributed by atoms with Crippen molar-refractivity contribution in [2.24, 2.45) is 4.99 Å². The van der Waals surface area contributed by atoms with Crippen molar-refractivity contribution in [1.82, 2.24) is 20.4 Å². The molecule has 0 amide bonds. The summed E-state index contributed by atoms with van der Waals surface area (Å²) in [5.74, 6) is 0.889. The van der Waals surface area contributed by atoms with Gasteiger partial charge < -0.3 is 15.4 Å². The number of nitrogens with zero attached hydrogens (tertiary/aromatic N) is 3. The summed E-state index contributed by atoms with van der Waals surface area (Å²) in [6, 6.07) is 4.74. The Hall–Kier alpha value is -0.420. The van der Waals surface area contributed by atoms with E-state index in [1.165, 1.54) is 37.2 Å². The second-order valence-electron chi connectivity index (χ2n) is 8.35. The van der Waals surface area contributed by atoms with Crippen LogP contribution in [0.1, 0.15) is 44.0 Å². The molecule has 2 saturated heterocycles. The zero-order valence-corrected chi connectivity index (χ0v) is 21.3. The Morgan fingerprint density at radius 3 is 2.52 bits per heavy atom. The van der Waals surface area contributed by atoms with Crippen LogP contribution in [0.3, 0.4) is 0 Å². The minimum Gasteiger partial charge on any atom is -0.379 e. The molecule has 0 aromatic carbocycles. The SMILES string of the molecule is CN=C(NCC(c1cccs1)N1CCOCC1)NCC(C)(C)N1CCCCC1.I. The molecule has 2 fully saturated rings. The maximum atomic E-state index is 5.55. The van der Waals surface area contributed by atoms with Crippen LogP contribution in [-0.2, 0) is 4.74 Å². The molecule has 1 aromatic rings. The Bertz CT molecular complexity index is 598. The highest BCUT2D eigenvalue weighted by Crippen LogP contribution is 2.25. The van der Waals surface area contributed by atoms with Crippen LogP contribution >= 0.6 is 35.3 Å². The van der Waals surface area contributed by atoms with Crippen LogP contribution in [0.2, 0.25) is 0 Å². The first-order valence-electron chi connectivity index (χ1n) is 10.6. The van der Waals surface area contributed by atoms with E-state index in [9.17, 15) is 0 Å². The lowest BCUT2D eigenvalue weighted by Gasteiger charge is -2.41. The fourth-order valence-corrected chi connectivity index (χ4v) is 4.97. The molecule has 29 heavy (non-hydrogen) atoms.